The van der Waals surface area contributed by atoms with Gasteiger partial charge >= 0.3 is 0 Å². The van der Waals surface area contributed by atoms with Gasteiger partial charge in [0.25, 0.3) is 5.91 Å². The van der Waals surface area contributed by atoms with Crippen LogP contribution in [0.4, 0.5) is 15.8 Å². The van der Waals surface area contributed by atoms with E-state index in [2.05, 4.69) is 32.3 Å². The number of benzene rings is 2. The maximum absolute atomic E-state index is 14.3. The van der Waals surface area contributed by atoms with Gasteiger partial charge in [-0.25, -0.2) is 9.37 Å². The third kappa shape index (κ3) is 4.79. The van der Waals surface area contributed by atoms with Gasteiger partial charge < -0.3 is 15.0 Å². The summed E-state index contributed by atoms with van der Waals surface area (Å²) in [6.45, 7) is 4.99. The lowest BCUT2D eigenvalue weighted by Gasteiger charge is -2.30. The molecule has 4 aromatic rings. The number of thiazole rings is 1. The molecule has 1 amide bonds. The predicted octanol–water partition coefficient (Wildman–Crippen LogP) is 6.47. The van der Waals surface area contributed by atoms with E-state index >= 15 is 0 Å². The van der Waals surface area contributed by atoms with E-state index in [1.54, 1.807) is 42.0 Å². The molecule has 2 aromatic carbocycles. The number of rotatable bonds is 7. The Morgan fingerprint density at radius 3 is 2.83 bits per heavy atom. The molecule has 0 spiro atoms. The van der Waals surface area contributed by atoms with E-state index in [0.717, 1.165) is 42.6 Å². The summed E-state index contributed by atoms with van der Waals surface area (Å²) in [4.78, 5) is 20.0. The lowest BCUT2D eigenvalue weighted by molar-refractivity contribution is 0.102. The normalized spacial score (nSPS) is 15.2. The van der Waals surface area contributed by atoms with E-state index < -0.39 is 5.82 Å². The second-order valence-electron chi connectivity index (χ2n) is 8.64. The van der Waals surface area contributed by atoms with Crippen molar-refractivity contribution in [2.75, 3.05) is 16.8 Å². The lowest BCUT2D eigenvalue weighted by atomic mass is 10.1. The SMILES string of the molecule is CC[C@H]1CCCN1c1c(NC(=O)c2csc(-c3ccnnc3)n2)ccc(Oc2ccccc2F)c1C. The number of amides is 1. The summed E-state index contributed by atoms with van der Waals surface area (Å²) in [5.74, 6) is -0.00394. The summed E-state index contributed by atoms with van der Waals surface area (Å²) in [7, 11) is 0. The van der Waals surface area contributed by atoms with Crippen molar-refractivity contribution < 1.29 is 13.9 Å². The summed E-state index contributed by atoms with van der Waals surface area (Å²) in [5.41, 5.74) is 3.56. The smallest absolute Gasteiger partial charge is 0.275 e. The summed E-state index contributed by atoms with van der Waals surface area (Å²) in [6.07, 6.45) is 6.35. The third-order valence-corrected chi connectivity index (χ3v) is 7.28. The van der Waals surface area contributed by atoms with Crippen molar-refractivity contribution in [3.63, 3.8) is 0 Å². The second kappa shape index (κ2) is 10.4. The van der Waals surface area contributed by atoms with Crippen molar-refractivity contribution in [1.82, 2.24) is 15.2 Å². The molecule has 5 rings (SSSR count). The molecule has 36 heavy (non-hydrogen) atoms. The maximum atomic E-state index is 14.3. The van der Waals surface area contributed by atoms with Crippen molar-refractivity contribution in [2.24, 2.45) is 0 Å². The van der Waals surface area contributed by atoms with E-state index in [-0.39, 0.29) is 11.7 Å². The van der Waals surface area contributed by atoms with Crippen molar-refractivity contribution in [3.05, 3.63) is 77.3 Å². The van der Waals surface area contributed by atoms with E-state index in [0.29, 0.717) is 28.2 Å². The molecule has 1 aliphatic heterocycles. The number of anilines is 2. The number of ether oxygens (including phenoxy) is 1. The first-order valence-corrected chi connectivity index (χ1v) is 12.8. The maximum Gasteiger partial charge on any atom is 0.275 e. The standard InChI is InChI=1S/C27H26FN5O2S/c1-3-19-7-6-14-33(19)25-17(2)23(35-24-9-5-4-8-20(24)28)11-10-21(25)31-26(34)22-16-36-27(32-22)18-12-13-29-30-15-18/h4-5,8-13,15-16,19H,3,6-7,14H2,1-2H3,(H,31,34)/t19-/m0/s1. The van der Waals surface area contributed by atoms with Gasteiger partial charge in [0.15, 0.2) is 11.6 Å². The van der Waals surface area contributed by atoms with Gasteiger partial charge in [-0.3, -0.25) is 4.79 Å². The zero-order valence-corrected chi connectivity index (χ0v) is 20.9. The number of hydrogen-bond acceptors (Lipinski definition) is 7. The molecule has 3 heterocycles. The van der Waals surface area contributed by atoms with E-state index in [9.17, 15) is 9.18 Å². The van der Waals surface area contributed by atoms with Gasteiger partial charge in [-0.05, 0) is 56.5 Å². The minimum absolute atomic E-state index is 0.164. The fourth-order valence-corrected chi connectivity index (χ4v) is 5.37. The summed E-state index contributed by atoms with van der Waals surface area (Å²) >= 11 is 1.38. The Bertz CT molecular complexity index is 1380. The molecule has 0 unspecified atom stereocenters. The zero-order chi connectivity index (χ0) is 25.1. The molecule has 2 aromatic heterocycles. The van der Waals surface area contributed by atoms with Crippen LogP contribution < -0.4 is 15.0 Å². The first kappa shape index (κ1) is 23.9. The molecule has 1 fully saturated rings. The highest BCUT2D eigenvalue weighted by Crippen LogP contribution is 2.42. The first-order chi connectivity index (χ1) is 17.5. The highest BCUT2D eigenvalue weighted by atomic mass is 32.1. The van der Waals surface area contributed by atoms with Crippen LogP contribution in [0, 0.1) is 12.7 Å². The van der Waals surface area contributed by atoms with E-state index in [1.807, 2.05) is 19.1 Å². The first-order valence-electron chi connectivity index (χ1n) is 11.9. The fourth-order valence-electron chi connectivity index (χ4n) is 4.58. The van der Waals surface area contributed by atoms with Crippen LogP contribution in [-0.4, -0.2) is 33.7 Å². The topological polar surface area (TPSA) is 80.2 Å². The quantitative estimate of drug-likeness (QED) is 0.311. The Morgan fingerprint density at radius 2 is 2.06 bits per heavy atom. The molecule has 1 N–H and O–H groups in total. The largest absolute Gasteiger partial charge is 0.454 e. The van der Waals surface area contributed by atoms with Gasteiger partial charge in [-0.1, -0.05) is 19.1 Å². The minimum Gasteiger partial charge on any atom is -0.454 e. The Kier molecular flexibility index (Phi) is 6.90. The summed E-state index contributed by atoms with van der Waals surface area (Å²) in [5, 5.41) is 13.2. The van der Waals surface area contributed by atoms with Crippen molar-refractivity contribution in [1.29, 1.82) is 0 Å². The average molecular weight is 504 g/mol. The molecule has 1 saturated heterocycles. The second-order valence-corrected chi connectivity index (χ2v) is 9.50. The van der Waals surface area contributed by atoms with Gasteiger partial charge in [0, 0.05) is 29.1 Å². The van der Waals surface area contributed by atoms with Crippen LogP contribution in [0.15, 0.2) is 60.2 Å². The molecule has 0 radical (unpaired) electrons. The monoisotopic (exact) mass is 503 g/mol. The Morgan fingerprint density at radius 1 is 1.19 bits per heavy atom. The number of para-hydroxylation sites is 1. The van der Waals surface area contributed by atoms with E-state index in [1.165, 1.54) is 17.4 Å². The average Bonchev–Trinajstić information content (AvgIpc) is 3.58. The van der Waals surface area contributed by atoms with Crippen LogP contribution in [0.3, 0.4) is 0 Å². The lowest BCUT2D eigenvalue weighted by Crippen LogP contribution is -2.30. The van der Waals surface area contributed by atoms with E-state index in [4.69, 9.17) is 4.74 Å². The molecule has 9 heteroatoms. The van der Waals surface area contributed by atoms with Crippen LogP contribution in [0.1, 0.15) is 42.2 Å². The molecule has 1 atom stereocenters. The van der Waals surface area contributed by atoms with Crippen LogP contribution in [0.2, 0.25) is 0 Å². The molecule has 7 nitrogen and oxygen atoms in total. The Labute approximate surface area is 213 Å². The highest BCUT2D eigenvalue weighted by molar-refractivity contribution is 7.13. The number of halogens is 1. The number of nitrogens with zero attached hydrogens (tertiary/aromatic N) is 4. The van der Waals surface area contributed by atoms with Crippen molar-refractivity contribution >= 4 is 28.6 Å². The van der Waals surface area contributed by atoms with Gasteiger partial charge in [0.1, 0.15) is 16.5 Å². The minimum atomic E-state index is -0.424. The molecule has 0 saturated carbocycles. The number of aromatic nitrogens is 3. The van der Waals surface area contributed by atoms with Gasteiger partial charge in [0.05, 0.1) is 23.8 Å². The zero-order valence-electron chi connectivity index (χ0n) is 20.1. The van der Waals surface area contributed by atoms with Crippen LogP contribution in [0.5, 0.6) is 11.5 Å². The number of nitrogens with one attached hydrogen (secondary N) is 1. The predicted molar refractivity (Wildman–Crippen MR) is 139 cm³/mol. The number of carbonyl (C=O) groups is 1. The van der Waals surface area contributed by atoms with Crippen molar-refractivity contribution in [3.8, 4) is 22.1 Å². The summed E-state index contributed by atoms with van der Waals surface area (Å²) < 4.78 is 20.3. The summed E-state index contributed by atoms with van der Waals surface area (Å²) in [6, 6.07) is 12.1. The third-order valence-electron chi connectivity index (χ3n) is 6.39. The molecule has 1 aliphatic rings. The highest BCUT2D eigenvalue weighted by Gasteiger charge is 2.28. The van der Waals surface area contributed by atoms with Gasteiger partial charge in [0.2, 0.25) is 0 Å². The Balaban J connectivity index is 1.47. The van der Waals surface area contributed by atoms with Crippen LogP contribution >= 0.6 is 11.3 Å². The van der Waals surface area contributed by atoms with Gasteiger partial charge in [-0.2, -0.15) is 10.2 Å². The van der Waals surface area contributed by atoms with Crippen LogP contribution in [0.25, 0.3) is 10.6 Å². The number of hydrogen-bond donors (Lipinski definition) is 1. The molecule has 184 valence electrons. The molecular formula is C27H26FN5O2S. The van der Waals surface area contributed by atoms with Crippen LogP contribution in [-0.2, 0) is 0 Å². The van der Waals surface area contributed by atoms with Gasteiger partial charge in [-0.15, -0.1) is 11.3 Å². The van der Waals surface area contributed by atoms with Crippen molar-refractivity contribution in [2.45, 2.75) is 39.2 Å². The molecule has 0 bridgehead atoms. The molecule has 0 aliphatic carbocycles. The Hall–Kier alpha value is -3.85. The number of carbonyl (C=O) groups excluding carboxylic acids is 1. The molecular weight excluding hydrogens is 477 g/mol. The fraction of sp³-hybridized carbons (Fsp3) is 0.259.